The molecule has 43 heavy (non-hydrogen) atoms. The molecular weight excluding hydrogens is 557 g/mol. The van der Waals surface area contributed by atoms with E-state index in [0.29, 0.717) is 50.2 Å². The zero-order chi connectivity index (χ0) is 30.7. The number of fused-ring (bicyclic) bond motifs is 1. The Labute approximate surface area is 249 Å². The summed E-state index contributed by atoms with van der Waals surface area (Å²) < 4.78 is 51.1. The average molecular weight is 593 g/mol. The number of hydrogen-bond donors (Lipinski definition) is 0. The van der Waals surface area contributed by atoms with Crippen LogP contribution in [0.4, 0.5) is 18.9 Å². The Hall–Kier alpha value is -3.75. The van der Waals surface area contributed by atoms with Crippen molar-refractivity contribution in [3.8, 4) is 6.07 Å². The summed E-state index contributed by atoms with van der Waals surface area (Å²) >= 11 is 0. The molecule has 2 fully saturated rings. The Balaban J connectivity index is 1.36. The largest absolute Gasteiger partial charge is 0.416 e. The van der Waals surface area contributed by atoms with Crippen molar-refractivity contribution in [2.75, 3.05) is 24.6 Å². The maximum Gasteiger partial charge on any atom is 0.416 e. The van der Waals surface area contributed by atoms with E-state index in [9.17, 15) is 23.2 Å². The summed E-state index contributed by atoms with van der Waals surface area (Å²) in [6.45, 7) is 7.25. The summed E-state index contributed by atoms with van der Waals surface area (Å²) in [4.78, 5) is 17.4. The van der Waals surface area contributed by atoms with Gasteiger partial charge in [0, 0.05) is 54.7 Å². The third-order valence-corrected chi connectivity index (χ3v) is 9.61. The van der Waals surface area contributed by atoms with E-state index in [-0.39, 0.29) is 35.1 Å². The molecule has 3 aromatic rings. The van der Waals surface area contributed by atoms with Gasteiger partial charge in [-0.15, -0.1) is 10.2 Å². The number of rotatable bonds is 6. The SMILES string of the molecule is CC1CN(C(C)(C)c2cc3c(c(C(F)(F)F)c2)CN(c2cccc(C4(Cc5nncn5C)CC(C#N)C4)c2)C3=O)CCO1. The van der Waals surface area contributed by atoms with Crippen LogP contribution in [0.5, 0.6) is 0 Å². The van der Waals surface area contributed by atoms with Crippen LogP contribution in [0.3, 0.4) is 0 Å². The summed E-state index contributed by atoms with van der Waals surface area (Å²) in [5, 5.41) is 17.8. The molecule has 1 atom stereocenters. The molecule has 1 amide bonds. The Kier molecular flexibility index (Phi) is 7.13. The van der Waals surface area contributed by atoms with Crippen molar-refractivity contribution in [1.29, 1.82) is 5.26 Å². The number of carbonyl (C=O) groups excluding carboxylic acids is 1. The van der Waals surface area contributed by atoms with Gasteiger partial charge in [0.1, 0.15) is 12.2 Å². The van der Waals surface area contributed by atoms with Crippen molar-refractivity contribution in [2.45, 2.75) is 69.8 Å². The number of aryl methyl sites for hydroxylation is 1. The van der Waals surface area contributed by atoms with E-state index in [4.69, 9.17) is 4.74 Å². The smallest absolute Gasteiger partial charge is 0.376 e. The predicted octanol–water partition coefficient (Wildman–Crippen LogP) is 5.36. The molecule has 0 radical (unpaired) electrons. The van der Waals surface area contributed by atoms with Crippen LogP contribution in [0.15, 0.2) is 42.7 Å². The van der Waals surface area contributed by atoms with Gasteiger partial charge in [0.25, 0.3) is 5.91 Å². The van der Waals surface area contributed by atoms with Gasteiger partial charge in [-0.1, -0.05) is 12.1 Å². The highest BCUT2D eigenvalue weighted by molar-refractivity contribution is 6.10. The molecule has 11 heteroatoms. The quantitative estimate of drug-likeness (QED) is 0.383. The summed E-state index contributed by atoms with van der Waals surface area (Å²) in [6.07, 6.45) is -1.20. The number of halogens is 3. The summed E-state index contributed by atoms with van der Waals surface area (Å²) in [5.41, 5.74) is 0.124. The van der Waals surface area contributed by atoms with Crippen LogP contribution in [0.25, 0.3) is 0 Å². The highest BCUT2D eigenvalue weighted by Crippen LogP contribution is 2.50. The molecule has 1 saturated heterocycles. The fraction of sp³-hybridized carbons (Fsp3) is 0.500. The lowest BCUT2D eigenvalue weighted by atomic mass is 9.57. The molecule has 0 bridgehead atoms. The van der Waals surface area contributed by atoms with Crippen LogP contribution in [0.2, 0.25) is 0 Å². The topological polar surface area (TPSA) is 87.3 Å². The van der Waals surface area contributed by atoms with E-state index in [1.807, 2.05) is 50.6 Å². The van der Waals surface area contributed by atoms with Gasteiger partial charge in [0.05, 0.1) is 30.9 Å². The van der Waals surface area contributed by atoms with E-state index >= 15 is 0 Å². The van der Waals surface area contributed by atoms with Crippen LogP contribution in [-0.2, 0) is 41.9 Å². The average Bonchev–Trinajstić information content (AvgIpc) is 3.51. The van der Waals surface area contributed by atoms with Crippen LogP contribution in [0, 0.1) is 17.2 Å². The molecule has 1 aliphatic carbocycles. The van der Waals surface area contributed by atoms with Gasteiger partial charge in [0.15, 0.2) is 0 Å². The molecule has 1 aromatic heterocycles. The molecule has 0 N–H and O–H groups in total. The van der Waals surface area contributed by atoms with Crippen molar-refractivity contribution in [3.63, 3.8) is 0 Å². The molecule has 1 saturated carbocycles. The third kappa shape index (κ3) is 5.10. The predicted molar refractivity (Wildman–Crippen MR) is 153 cm³/mol. The second kappa shape index (κ2) is 10.5. The molecule has 1 unspecified atom stereocenters. The number of amides is 1. The normalized spacial score (nSPS) is 24.5. The highest BCUT2D eigenvalue weighted by Gasteiger charge is 2.47. The molecule has 2 aliphatic heterocycles. The Morgan fingerprint density at radius 2 is 1.95 bits per heavy atom. The fourth-order valence-corrected chi connectivity index (χ4v) is 6.96. The first kappa shape index (κ1) is 29.3. The Morgan fingerprint density at radius 3 is 2.60 bits per heavy atom. The monoisotopic (exact) mass is 592 g/mol. The first-order chi connectivity index (χ1) is 20.3. The standard InChI is InChI=1S/C32H35F3N6O2/c1-20-17-40(8-9-43-20)30(2,3)23-11-25-26(27(12-23)32(33,34)35)18-41(29(25)42)24-7-5-6-22(10-24)31(13-21(14-31)16-36)15-28-38-37-19-39(28)4/h5-7,10-12,19-21H,8-9,13-15,17-18H2,1-4H3. The highest BCUT2D eigenvalue weighted by atomic mass is 19.4. The van der Waals surface area contributed by atoms with Gasteiger partial charge in [0.2, 0.25) is 0 Å². The lowest BCUT2D eigenvalue weighted by Crippen LogP contribution is -2.50. The number of aromatic nitrogens is 3. The maximum atomic E-state index is 14.5. The lowest BCUT2D eigenvalue weighted by Gasteiger charge is -2.45. The van der Waals surface area contributed by atoms with Gasteiger partial charge < -0.3 is 14.2 Å². The zero-order valence-corrected chi connectivity index (χ0v) is 24.8. The number of nitrogens with zero attached hydrogens (tertiary/aromatic N) is 6. The minimum atomic E-state index is -4.62. The van der Waals surface area contributed by atoms with E-state index in [0.717, 1.165) is 11.4 Å². The minimum absolute atomic E-state index is 0.000199. The van der Waals surface area contributed by atoms with Crippen molar-refractivity contribution in [3.05, 3.63) is 76.4 Å². The molecule has 3 aliphatic rings. The van der Waals surface area contributed by atoms with Gasteiger partial charge >= 0.3 is 6.18 Å². The maximum absolute atomic E-state index is 14.5. The molecule has 0 spiro atoms. The molecular formula is C32H35F3N6O2. The third-order valence-electron chi connectivity index (χ3n) is 9.61. The Bertz CT molecular complexity index is 1600. The number of benzene rings is 2. The van der Waals surface area contributed by atoms with Crippen LogP contribution in [-0.4, -0.2) is 51.4 Å². The fourth-order valence-electron chi connectivity index (χ4n) is 6.96. The number of anilines is 1. The number of alkyl halides is 3. The van der Waals surface area contributed by atoms with Gasteiger partial charge in [-0.2, -0.15) is 18.4 Å². The van der Waals surface area contributed by atoms with Crippen molar-refractivity contribution in [2.24, 2.45) is 13.0 Å². The van der Waals surface area contributed by atoms with Gasteiger partial charge in [-0.3, -0.25) is 9.69 Å². The van der Waals surface area contributed by atoms with Crippen molar-refractivity contribution in [1.82, 2.24) is 19.7 Å². The number of morpholine rings is 1. The lowest BCUT2D eigenvalue weighted by molar-refractivity contribution is -0.138. The summed E-state index contributed by atoms with van der Waals surface area (Å²) in [7, 11) is 1.87. The number of hydrogen-bond acceptors (Lipinski definition) is 6. The summed E-state index contributed by atoms with van der Waals surface area (Å²) in [5.74, 6) is 0.239. The van der Waals surface area contributed by atoms with Gasteiger partial charge in [-0.05, 0) is 74.6 Å². The van der Waals surface area contributed by atoms with E-state index in [1.165, 1.54) is 11.0 Å². The number of carbonyl (C=O) groups is 1. The molecule has 8 nitrogen and oxygen atoms in total. The molecule has 2 aromatic carbocycles. The Morgan fingerprint density at radius 1 is 1.19 bits per heavy atom. The van der Waals surface area contributed by atoms with Gasteiger partial charge in [-0.25, -0.2) is 0 Å². The van der Waals surface area contributed by atoms with Crippen molar-refractivity contribution >= 4 is 11.6 Å². The minimum Gasteiger partial charge on any atom is -0.376 e. The second-order valence-corrected chi connectivity index (χ2v) is 12.7. The van der Waals surface area contributed by atoms with Crippen LogP contribution < -0.4 is 4.90 Å². The second-order valence-electron chi connectivity index (χ2n) is 12.7. The summed E-state index contributed by atoms with van der Waals surface area (Å²) in [6, 6.07) is 12.7. The zero-order valence-electron chi connectivity index (χ0n) is 24.8. The first-order valence-electron chi connectivity index (χ1n) is 14.6. The van der Waals surface area contributed by atoms with E-state index in [2.05, 4.69) is 21.2 Å². The van der Waals surface area contributed by atoms with E-state index < -0.39 is 23.2 Å². The van der Waals surface area contributed by atoms with Crippen LogP contribution >= 0.6 is 0 Å². The molecule has 226 valence electrons. The molecule has 3 heterocycles. The number of ether oxygens (including phenoxy) is 1. The molecule has 6 rings (SSSR count). The van der Waals surface area contributed by atoms with Crippen LogP contribution in [0.1, 0.15) is 72.0 Å². The first-order valence-corrected chi connectivity index (χ1v) is 14.6. The number of nitriles is 1. The van der Waals surface area contributed by atoms with E-state index in [1.54, 1.807) is 18.5 Å². The van der Waals surface area contributed by atoms with Crippen molar-refractivity contribution < 1.29 is 22.7 Å².